The molecule has 166 valence electrons. The minimum atomic E-state index is -3.52. The van der Waals surface area contributed by atoms with Gasteiger partial charge >= 0.3 is 11.8 Å². The van der Waals surface area contributed by atoms with E-state index >= 15 is 0 Å². The third-order valence-corrected chi connectivity index (χ3v) is 6.90. The van der Waals surface area contributed by atoms with Crippen molar-refractivity contribution in [2.45, 2.75) is 56.0 Å². The summed E-state index contributed by atoms with van der Waals surface area (Å²) in [6.45, 7) is 0.571. The predicted molar refractivity (Wildman–Crippen MR) is 119 cm³/mol. The van der Waals surface area contributed by atoms with Crippen LogP contribution in [0.15, 0.2) is 59.5 Å². The molecule has 2 aromatic rings. The highest BCUT2D eigenvalue weighted by atomic mass is 32.2. The fourth-order valence-electron chi connectivity index (χ4n) is 3.60. The quantitative estimate of drug-likeness (QED) is 0.545. The SMILES string of the molecule is O=C(NCCc1ccc(S(=O)(=O)NC2CCCCC2)cc1)C(=O)NCc1ccccc1. The Labute approximate surface area is 183 Å². The Hall–Kier alpha value is -2.71. The zero-order valence-electron chi connectivity index (χ0n) is 17.5. The van der Waals surface area contributed by atoms with Crippen LogP contribution < -0.4 is 15.4 Å². The Morgan fingerprint density at radius 3 is 2.13 bits per heavy atom. The molecule has 1 aliphatic rings. The highest BCUT2D eigenvalue weighted by Gasteiger charge is 2.21. The molecule has 3 rings (SSSR count). The van der Waals surface area contributed by atoms with Crippen LogP contribution in [-0.4, -0.2) is 32.8 Å². The molecular formula is C23H29N3O4S. The summed E-state index contributed by atoms with van der Waals surface area (Å²) in [6, 6.07) is 16.0. The van der Waals surface area contributed by atoms with Crippen molar-refractivity contribution in [3.05, 3.63) is 65.7 Å². The largest absolute Gasteiger partial charge is 0.348 e. The maximum absolute atomic E-state index is 12.5. The van der Waals surface area contributed by atoms with Gasteiger partial charge in [0.05, 0.1) is 4.90 Å². The average Bonchev–Trinajstić information content (AvgIpc) is 2.79. The van der Waals surface area contributed by atoms with Crippen LogP contribution in [0.1, 0.15) is 43.2 Å². The van der Waals surface area contributed by atoms with Crippen LogP contribution in [0.5, 0.6) is 0 Å². The van der Waals surface area contributed by atoms with E-state index < -0.39 is 21.8 Å². The Morgan fingerprint density at radius 2 is 1.45 bits per heavy atom. The van der Waals surface area contributed by atoms with Crippen molar-refractivity contribution >= 4 is 21.8 Å². The van der Waals surface area contributed by atoms with Crippen molar-refractivity contribution < 1.29 is 18.0 Å². The van der Waals surface area contributed by atoms with Crippen LogP contribution in [0.25, 0.3) is 0 Å². The van der Waals surface area contributed by atoms with Gasteiger partial charge in [-0.3, -0.25) is 9.59 Å². The van der Waals surface area contributed by atoms with Crippen molar-refractivity contribution in [2.75, 3.05) is 6.54 Å². The Balaban J connectivity index is 1.42. The van der Waals surface area contributed by atoms with Crippen LogP contribution in [0, 0.1) is 0 Å². The van der Waals surface area contributed by atoms with Crippen LogP contribution in [0.4, 0.5) is 0 Å². The van der Waals surface area contributed by atoms with Gasteiger partial charge in [0.1, 0.15) is 0 Å². The number of carbonyl (C=O) groups excluding carboxylic acids is 2. The number of amides is 2. The first kappa shape index (κ1) is 23.0. The fourth-order valence-corrected chi connectivity index (χ4v) is 4.91. The Bertz CT molecular complexity index is 970. The number of rotatable bonds is 8. The lowest BCUT2D eigenvalue weighted by Crippen LogP contribution is -2.40. The second kappa shape index (κ2) is 11.1. The minimum Gasteiger partial charge on any atom is -0.348 e. The first-order valence-corrected chi connectivity index (χ1v) is 12.1. The van der Waals surface area contributed by atoms with Crippen LogP contribution in [-0.2, 0) is 32.6 Å². The van der Waals surface area contributed by atoms with E-state index in [1.165, 1.54) is 0 Å². The molecule has 7 nitrogen and oxygen atoms in total. The lowest BCUT2D eigenvalue weighted by molar-refractivity contribution is -0.139. The maximum Gasteiger partial charge on any atom is 0.309 e. The van der Waals surface area contributed by atoms with Gasteiger partial charge in [0, 0.05) is 19.1 Å². The van der Waals surface area contributed by atoms with E-state index in [-0.39, 0.29) is 24.0 Å². The summed E-state index contributed by atoms with van der Waals surface area (Å²) in [4.78, 5) is 24.0. The van der Waals surface area contributed by atoms with Crippen LogP contribution in [0.3, 0.4) is 0 Å². The molecule has 0 atom stereocenters. The van der Waals surface area contributed by atoms with Gasteiger partial charge in [0.25, 0.3) is 0 Å². The number of hydrogen-bond acceptors (Lipinski definition) is 4. The molecule has 0 unspecified atom stereocenters. The molecule has 2 aromatic carbocycles. The maximum atomic E-state index is 12.5. The van der Waals surface area contributed by atoms with Crippen molar-refractivity contribution in [1.82, 2.24) is 15.4 Å². The third kappa shape index (κ3) is 7.18. The smallest absolute Gasteiger partial charge is 0.309 e. The van der Waals surface area contributed by atoms with Crippen LogP contribution in [0.2, 0.25) is 0 Å². The number of sulfonamides is 1. The molecule has 3 N–H and O–H groups in total. The third-order valence-electron chi connectivity index (χ3n) is 5.36. The Morgan fingerprint density at radius 1 is 0.806 bits per heavy atom. The molecule has 0 radical (unpaired) electrons. The molecule has 1 fully saturated rings. The highest BCUT2D eigenvalue weighted by molar-refractivity contribution is 7.89. The molecule has 8 heteroatoms. The van der Waals surface area contributed by atoms with Gasteiger partial charge in [0.2, 0.25) is 10.0 Å². The topological polar surface area (TPSA) is 104 Å². The zero-order valence-corrected chi connectivity index (χ0v) is 18.3. The molecule has 0 saturated heterocycles. The Kier molecular flexibility index (Phi) is 8.20. The standard InChI is InChI=1S/C23H29N3O4S/c27-22(23(28)25-17-19-7-3-1-4-8-19)24-16-15-18-11-13-21(14-12-18)31(29,30)26-20-9-5-2-6-10-20/h1,3-4,7-8,11-14,20,26H,2,5-6,9-10,15-17H2,(H,24,27)(H,25,28). The van der Waals surface area contributed by atoms with E-state index in [4.69, 9.17) is 0 Å². The number of benzene rings is 2. The van der Waals surface area contributed by atoms with Crippen molar-refractivity contribution in [3.63, 3.8) is 0 Å². The van der Waals surface area contributed by atoms with E-state index in [0.717, 1.165) is 43.2 Å². The molecule has 0 aliphatic heterocycles. The van der Waals surface area contributed by atoms with E-state index in [2.05, 4.69) is 15.4 Å². The van der Waals surface area contributed by atoms with Gasteiger partial charge in [0.15, 0.2) is 0 Å². The molecule has 0 aromatic heterocycles. The molecule has 2 amide bonds. The van der Waals surface area contributed by atoms with Gasteiger partial charge in [-0.25, -0.2) is 13.1 Å². The van der Waals surface area contributed by atoms with Gasteiger partial charge in [-0.2, -0.15) is 0 Å². The lowest BCUT2D eigenvalue weighted by atomic mass is 9.96. The van der Waals surface area contributed by atoms with E-state index in [0.29, 0.717) is 6.42 Å². The zero-order chi connectivity index (χ0) is 22.1. The number of carbonyl (C=O) groups is 2. The van der Waals surface area contributed by atoms with Gasteiger partial charge in [-0.1, -0.05) is 61.7 Å². The van der Waals surface area contributed by atoms with Gasteiger partial charge in [-0.15, -0.1) is 0 Å². The second-order valence-corrected chi connectivity index (χ2v) is 9.49. The first-order valence-electron chi connectivity index (χ1n) is 10.7. The summed E-state index contributed by atoms with van der Waals surface area (Å²) in [5, 5.41) is 5.16. The number of hydrogen-bond donors (Lipinski definition) is 3. The molecule has 31 heavy (non-hydrogen) atoms. The number of nitrogens with one attached hydrogen (secondary N) is 3. The predicted octanol–water partition coefficient (Wildman–Crippen LogP) is 2.27. The molecule has 0 heterocycles. The summed E-state index contributed by atoms with van der Waals surface area (Å²) in [6.07, 6.45) is 5.54. The average molecular weight is 444 g/mol. The van der Waals surface area contributed by atoms with Crippen molar-refractivity contribution in [1.29, 1.82) is 0 Å². The summed E-state index contributed by atoms with van der Waals surface area (Å²) < 4.78 is 27.9. The van der Waals surface area contributed by atoms with E-state index in [1.54, 1.807) is 24.3 Å². The molecule has 1 aliphatic carbocycles. The van der Waals surface area contributed by atoms with E-state index in [1.807, 2.05) is 30.3 Å². The van der Waals surface area contributed by atoms with Crippen molar-refractivity contribution in [2.24, 2.45) is 0 Å². The lowest BCUT2D eigenvalue weighted by Gasteiger charge is -2.22. The summed E-state index contributed by atoms with van der Waals surface area (Å²) in [7, 11) is -3.52. The van der Waals surface area contributed by atoms with Gasteiger partial charge in [-0.05, 0) is 42.5 Å². The van der Waals surface area contributed by atoms with E-state index in [9.17, 15) is 18.0 Å². The molecule has 0 spiro atoms. The molecule has 0 bridgehead atoms. The van der Waals surface area contributed by atoms with Crippen LogP contribution >= 0.6 is 0 Å². The minimum absolute atomic E-state index is 0.0154. The summed E-state index contributed by atoms with van der Waals surface area (Å²) >= 11 is 0. The normalized spacial score (nSPS) is 14.7. The highest BCUT2D eigenvalue weighted by Crippen LogP contribution is 2.20. The van der Waals surface area contributed by atoms with Crippen molar-refractivity contribution in [3.8, 4) is 0 Å². The second-order valence-electron chi connectivity index (χ2n) is 7.77. The van der Waals surface area contributed by atoms with Gasteiger partial charge < -0.3 is 10.6 Å². The fraction of sp³-hybridized carbons (Fsp3) is 0.391. The first-order chi connectivity index (χ1) is 14.9. The molecular weight excluding hydrogens is 414 g/mol. The monoisotopic (exact) mass is 443 g/mol. The summed E-state index contributed by atoms with van der Waals surface area (Å²) in [5.41, 5.74) is 1.79. The summed E-state index contributed by atoms with van der Waals surface area (Å²) in [5.74, 6) is -1.37. The molecule has 1 saturated carbocycles.